The van der Waals surface area contributed by atoms with Gasteiger partial charge < -0.3 is 17.2 Å². The lowest BCUT2D eigenvalue weighted by Crippen LogP contribution is -2.30. The van der Waals surface area contributed by atoms with Gasteiger partial charge in [0.15, 0.2) is 0 Å². The van der Waals surface area contributed by atoms with Crippen LogP contribution in [-0.4, -0.2) is 23.8 Å². The zero-order valence-electron chi connectivity index (χ0n) is 13.0. The first kappa shape index (κ1) is 18.1. The highest BCUT2D eigenvalue weighted by Gasteiger charge is 2.28. The maximum atomic E-state index is 8.04. The van der Waals surface area contributed by atoms with Crippen LogP contribution in [0.2, 0.25) is 0 Å². The summed E-state index contributed by atoms with van der Waals surface area (Å²) in [5.74, 6) is 0.0927. The van der Waals surface area contributed by atoms with E-state index in [0.717, 1.165) is 5.70 Å². The molecule has 0 bridgehead atoms. The van der Waals surface area contributed by atoms with E-state index in [-0.39, 0.29) is 17.3 Å². The van der Waals surface area contributed by atoms with E-state index in [0.29, 0.717) is 29.9 Å². The van der Waals surface area contributed by atoms with Crippen molar-refractivity contribution >= 4 is 17.3 Å². The summed E-state index contributed by atoms with van der Waals surface area (Å²) in [6.45, 7) is 1.91. The van der Waals surface area contributed by atoms with Crippen molar-refractivity contribution in [2.45, 2.75) is 13.3 Å². The number of nitrogens with one attached hydrogen (secondary N) is 2. The van der Waals surface area contributed by atoms with Gasteiger partial charge in [-0.3, -0.25) is 10.8 Å². The third-order valence-electron chi connectivity index (χ3n) is 3.27. The van der Waals surface area contributed by atoms with Crippen LogP contribution in [0.25, 0.3) is 0 Å². The van der Waals surface area contributed by atoms with E-state index in [1.165, 1.54) is 13.1 Å². The number of hydrogen-bond donors (Lipinski definition) is 5. The zero-order chi connectivity index (χ0) is 17.4. The van der Waals surface area contributed by atoms with Crippen LogP contribution in [0.3, 0.4) is 0 Å². The molecule has 0 radical (unpaired) electrons. The van der Waals surface area contributed by atoms with E-state index in [2.05, 4.69) is 4.99 Å². The van der Waals surface area contributed by atoms with Crippen molar-refractivity contribution in [1.82, 2.24) is 0 Å². The molecule has 0 aromatic rings. The Bertz CT molecular complexity index is 684. The summed E-state index contributed by atoms with van der Waals surface area (Å²) in [5, 5.41) is 23.1. The summed E-state index contributed by atoms with van der Waals surface area (Å²) in [5.41, 5.74) is 19.6. The molecule has 0 aromatic heterocycles. The topological polar surface area (TPSA) is 162 Å². The van der Waals surface area contributed by atoms with Gasteiger partial charge in [-0.05, 0) is 18.2 Å². The van der Waals surface area contributed by atoms with Crippen molar-refractivity contribution in [2.24, 2.45) is 28.1 Å². The van der Waals surface area contributed by atoms with Crippen LogP contribution in [0.15, 0.2) is 52.3 Å². The molecule has 0 spiro atoms. The van der Waals surface area contributed by atoms with Crippen molar-refractivity contribution in [3.8, 4) is 6.07 Å². The van der Waals surface area contributed by atoms with Crippen molar-refractivity contribution in [2.75, 3.05) is 6.54 Å². The second-order valence-electron chi connectivity index (χ2n) is 4.79. The molecule has 2 rings (SSSR count). The van der Waals surface area contributed by atoms with E-state index >= 15 is 0 Å². The Hall–Kier alpha value is -2.98. The first-order valence-corrected chi connectivity index (χ1v) is 7.04. The molecule has 1 aliphatic carbocycles. The quantitative estimate of drug-likeness (QED) is 0.493. The Balaban J connectivity index is 0.000000816. The van der Waals surface area contributed by atoms with Gasteiger partial charge in [-0.1, -0.05) is 18.2 Å². The number of allylic oxidation sites excluding steroid dienone is 5. The Morgan fingerprint density at radius 2 is 2.09 bits per heavy atom. The number of hydrogen-bond acceptors (Lipinski definition) is 7. The van der Waals surface area contributed by atoms with E-state index in [1.807, 2.05) is 12.2 Å². The molecule has 1 atom stereocenters. The lowest BCUT2D eigenvalue weighted by Gasteiger charge is -2.25. The van der Waals surface area contributed by atoms with Gasteiger partial charge in [0.1, 0.15) is 5.84 Å². The van der Waals surface area contributed by atoms with E-state index < -0.39 is 0 Å². The molecule has 1 aliphatic heterocycles. The summed E-state index contributed by atoms with van der Waals surface area (Å²) in [7, 11) is 0. The second-order valence-corrected chi connectivity index (χ2v) is 4.79. The van der Waals surface area contributed by atoms with E-state index in [1.54, 1.807) is 18.2 Å². The van der Waals surface area contributed by atoms with Gasteiger partial charge in [-0.15, -0.1) is 0 Å². The van der Waals surface area contributed by atoms with Gasteiger partial charge in [-0.2, -0.15) is 5.26 Å². The summed E-state index contributed by atoms with van der Waals surface area (Å²) < 4.78 is 0. The van der Waals surface area contributed by atoms with Crippen molar-refractivity contribution < 1.29 is 0 Å². The fourth-order valence-electron chi connectivity index (χ4n) is 2.26. The van der Waals surface area contributed by atoms with Crippen LogP contribution >= 0.6 is 0 Å². The van der Waals surface area contributed by atoms with Crippen LogP contribution < -0.4 is 17.2 Å². The van der Waals surface area contributed by atoms with Gasteiger partial charge in [0, 0.05) is 36.7 Å². The number of nitrogens with two attached hydrogens (primary N) is 3. The third kappa shape index (κ3) is 4.25. The lowest BCUT2D eigenvalue weighted by molar-refractivity contribution is 0.864. The van der Waals surface area contributed by atoms with Crippen molar-refractivity contribution in [3.63, 3.8) is 0 Å². The SMILES string of the molecule is CC#N.N=C1C=CC=C(C2C=C(CCN)N=C(N)/C2=C\N)C1=N. The highest BCUT2D eigenvalue weighted by molar-refractivity contribution is 6.50. The van der Waals surface area contributed by atoms with Crippen LogP contribution in [-0.2, 0) is 0 Å². The first-order valence-electron chi connectivity index (χ1n) is 7.04. The largest absolute Gasteiger partial charge is 0.404 e. The molecule has 1 unspecified atom stereocenters. The molecule has 0 amide bonds. The highest BCUT2D eigenvalue weighted by Crippen LogP contribution is 2.30. The fraction of sp³-hybridized carbons (Fsp3) is 0.250. The Kier molecular flexibility index (Phi) is 6.65. The summed E-state index contributed by atoms with van der Waals surface area (Å²) in [4.78, 5) is 4.27. The molecule has 2 aliphatic rings. The molecule has 120 valence electrons. The molecule has 8 N–H and O–H groups in total. The summed E-state index contributed by atoms with van der Waals surface area (Å²) in [6.07, 6.45) is 9.08. The monoisotopic (exact) mass is 311 g/mol. The number of amidine groups is 1. The van der Waals surface area contributed by atoms with Crippen LogP contribution in [0.5, 0.6) is 0 Å². The van der Waals surface area contributed by atoms with Crippen molar-refractivity contribution in [3.05, 3.63) is 47.3 Å². The standard InChI is InChI=1S/C14H18N6.C2H3N/c15-5-4-8-6-10(11(7-16)14(19)20-8)9-2-1-3-12(17)13(9)18;1-2-3/h1-3,6-7,10,17-18H,4-5,15-16H2,(H2,19,20);1H3/b11-7-,17-12?,18-13?;. The van der Waals surface area contributed by atoms with Gasteiger partial charge in [0.25, 0.3) is 0 Å². The maximum Gasteiger partial charge on any atom is 0.129 e. The minimum atomic E-state index is -0.253. The van der Waals surface area contributed by atoms with Crippen molar-refractivity contribution in [1.29, 1.82) is 16.1 Å². The lowest BCUT2D eigenvalue weighted by atomic mass is 9.82. The van der Waals surface area contributed by atoms with Crippen LogP contribution in [0, 0.1) is 28.1 Å². The smallest absolute Gasteiger partial charge is 0.129 e. The number of rotatable bonds is 3. The van der Waals surface area contributed by atoms with Gasteiger partial charge in [-0.25, -0.2) is 4.99 Å². The highest BCUT2D eigenvalue weighted by atomic mass is 14.9. The van der Waals surface area contributed by atoms with Gasteiger partial charge in [0.05, 0.1) is 17.5 Å². The molecule has 0 saturated carbocycles. The van der Waals surface area contributed by atoms with Gasteiger partial charge >= 0.3 is 0 Å². The molecule has 1 heterocycles. The fourth-order valence-corrected chi connectivity index (χ4v) is 2.26. The molecule has 7 heteroatoms. The Morgan fingerprint density at radius 1 is 1.43 bits per heavy atom. The average Bonchev–Trinajstić information content (AvgIpc) is 2.51. The molecular weight excluding hydrogens is 290 g/mol. The van der Waals surface area contributed by atoms with E-state index in [9.17, 15) is 0 Å². The van der Waals surface area contributed by atoms with Gasteiger partial charge in [0.2, 0.25) is 0 Å². The second kappa shape index (κ2) is 8.46. The first-order chi connectivity index (χ1) is 11.0. The predicted octanol–water partition coefficient (Wildman–Crippen LogP) is 1.11. The minimum absolute atomic E-state index is 0.175. The predicted molar refractivity (Wildman–Crippen MR) is 93.1 cm³/mol. The third-order valence-corrected chi connectivity index (χ3v) is 3.27. The summed E-state index contributed by atoms with van der Waals surface area (Å²) in [6, 6.07) is 1.75. The minimum Gasteiger partial charge on any atom is -0.404 e. The number of nitriles is 1. The molecule has 7 nitrogen and oxygen atoms in total. The normalized spacial score (nSPS) is 21.7. The van der Waals surface area contributed by atoms with Crippen LogP contribution in [0.4, 0.5) is 0 Å². The van der Waals surface area contributed by atoms with Crippen LogP contribution in [0.1, 0.15) is 13.3 Å². The Labute approximate surface area is 135 Å². The molecular formula is C16H21N7. The molecule has 0 saturated heterocycles. The molecule has 0 aromatic carbocycles. The summed E-state index contributed by atoms with van der Waals surface area (Å²) >= 11 is 0. The average molecular weight is 311 g/mol. The van der Waals surface area contributed by atoms with E-state index in [4.69, 9.17) is 33.3 Å². The number of nitrogens with zero attached hydrogens (tertiary/aromatic N) is 2. The molecule has 0 fully saturated rings. The Morgan fingerprint density at radius 3 is 2.65 bits per heavy atom. The molecule has 23 heavy (non-hydrogen) atoms. The zero-order valence-corrected chi connectivity index (χ0v) is 13.0. The number of aliphatic imine (C=N–C) groups is 1. The maximum absolute atomic E-state index is 8.04.